The van der Waals surface area contributed by atoms with E-state index in [0.29, 0.717) is 32.7 Å². The van der Waals surface area contributed by atoms with Crippen LogP contribution in [0.1, 0.15) is 46.0 Å². The predicted octanol–water partition coefficient (Wildman–Crippen LogP) is 3.13. The number of Topliss-reactive ketones (excluding diaryl/α,β-unsaturated/α-hetero) is 2. The van der Waals surface area contributed by atoms with Crippen molar-refractivity contribution in [3.05, 3.63) is 34.2 Å². The lowest BCUT2D eigenvalue weighted by Gasteiger charge is -2.56. The first kappa shape index (κ1) is 27.7. The fraction of sp³-hybridized carbons (Fsp3) is 0.741. The Morgan fingerprint density at radius 1 is 1.14 bits per heavy atom. The summed E-state index contributed by atoms with van der Waals surface area (Å²) in [6.45, 7) is 5.50. The summed E-state index contributed by atoms with van der Waals surface area (Å²) in [4.78, 5) is 41.5. The summed E-state index contributed by atoms with van der Waals surface area (Å²) in [6, 6.07) is 0. The second-order valence-electron chi connectivity index (χ2n) is 11.1. The van der Waals surface area contributed by atoms with Gasteiger partial charge in [0.2, 0.25) is 0 Å². The summed E-state index contributed by atoms with van der Waals surface area (Å²) in [6.07, 6.45) is 7.86. The first-order valence-electron chi connectivity index (χ1n) is 13.1. The highest BCUT2D eigenvalue weighted by atomic mass is 16.5. The van der Waals surface area contributed by atoms with Gasteiger partial charge in [0.1, 0.15) is 18.0 Å². The van der Waals surface area contributed by atoms with Gasteiger partial charge in [0.15, 0.2) is 11.6 Å². The maximum Gasteiger partial charge on any atom is 0.190 e. The number of carbonyl (C=O) groups is 3. The molecule has 3 fully saturated rings. The molecule has 0 heterocycles. The molecule has 0 radical (unpaired) electrons. The van der Waals surface area contributed by atoms with Gasteiger partial charge >= 0.3 is 0 Å². The molecule has 10 heteroatoms. The standard InChI is InChI=1S/C27H37N3O7/c1-25-7-5-19(31)15-18(25)3-4-20-21-6-8-27(34,26(21,2)16-22(32)24(20)25)23(33)17-37-14-13-36-12-11-35-10-9-29-30-28/h5,7,15,20-21,24,34H,3-4,6,8-14,16-17H2,1-2H3/t20-,21-,24+,25-,26-,27-/m0/s1. The first-order chi connectivity index (χ1) is 17.7. The molecule has 1 N–H and O–H groups in total. The number of hydrogen-bond acceptors (Lipinski definition) is 8. The number of rotatable bonds is 12. The van der Waals surface area contributed by atoms with Crippen molar-refractivity contribution in [3.8, 4) is 0 Å². The zero-order valence-corrected chi connectivity index (χ0v) is 21.7. The van der Waals surface area contributed by atoms with Crippen molar-refractivity contribution in [2.75, 3.05) is 46.2 Å². The number of allylic oxidation sites excluding steroid dienone is 4. The van der Waals surface area contributed by atoms with E-state index in [1.165, 1.54) is 0 Å². The van der Waals surface area contributed by atoms with Crippen LogP contribution >= 0.6 is 0 Å². The average Bonchev–Trinajstić information content (AvgIpc) is 3.13. The van der Waals surface area contributed by atoms with Crippen molar-refractivity contribution in [1.82, 2.24) is 0 Å². The second-order valence-corrected chi connectivity index (χ2v) is 11.1. The fourth-order valence-electron chi connectivity index (χ4n) is 7.37. The Morgan fingerprint density at radius 2 is 1.84 bits per heavy atom. The van der Waals surface area contributed by atoms with E-state index in [4.69, 9.17) is 19.7 Å². The molecule has 4 aliphatic rings. The molecule has 0 aliphatic heterocycles. The number of nitrogens with zero attached hydrogens (tertiary/aromatic N) is 3. The van der Waals surface area contributed by atoms with Crippen LogP contribution in [-0.2, 0) is 28.6 Å². The Kier molecular flexibility index (Phi) is 8.35. The molecule has 37 heavy (non-hydrogen) atoms. The van der Waals surface area contributed by atoms with Gasteiger partial charge in [0.05, 0.1) is 33.0 Å². The lowest BCUT2D eigenvalue weighted by atomic mass is 9.46. The van der Waals surface area contributed by atoms with Gasteiger partial charge in [-0.05, 0) is 55.2 Å². The van der Waals surface area contributed by atoms with Gasteiger partial charge in [-0.25, -0.2) is 0 Å². The van der Waals surface area contributed by atoms with E-state index in [0.717, 1.165) is 18.4 Å². The Bertz CT molecular complexity index is 1040. The van der Waals surface area contributed by atoms with E-state index < -0.39 is 16.4 Å². The summed E-state index contributed by atoms with van der Waals surface area (Å²) in [5.74, 6) is -0.451. The molecule has 4 aliphatic carbocycles. The minimum atomic E-state index is -1.60. The normalized spacial score (nSPS) is 36.3. The summed E-state index contributed by atoms with van der Waals surface area (Å²) < 4.78 is 16.2. The van der Waals surface area contributed by atoms with E-state index in [1.807, 2.05) is 13.0 Å². The topological polar surface area (TPSA) is 148 Å². The van der Waals surface area contributed by atoms with Crippen LogP contribution in [0.3, 0.4) is 0 Å². The Balaban J connectivity index is 1.31. The average molecular weight is 516 g/mol. The number of ether oxygens (including phenoxy) is 3. The van der Waals surface area contributed by atoms with Crippen LogP contribution in [0.4, 0.5) is 0 Å². The molecule has 4 rings (SSSR count). The molecule has 10 nitrogen and oxygen atoms in total. The smallest absolute Gasteiger partial charge is 0.190 e. The third kappa shape index (κ3) is 5.05. The molecule has 0 spiro atoms. The van der Waals surface area contributed by atoms with Crippen LogP contribution in [0.15, 0.2) is 28.9 Å². The molecule has 0 aromatic carbocycles. The molecule has 6 atom stereocenters. The van der Waals surface area contributed by atoms with Crippen molar-refractivity contribution < 1.29 is 33.7 Å². The predicted molar refractivity (Wildman–Crippen MR) is 133 cm³/mol. The summed E-state index contributed by atoms with van der Waals surface area (Å²) in [5, 5.41) is 15.1. The molecule has 0 saturated heterocycles. The third-order valence-electron chi connectivity index (χ3n) is 9.25. The van der Waals surface area contributed by atoms with Gasteiger partial charge in [-0.15, -0.1) is 0 Å². The van der Waals surface area contributed by atoms with Crippen LogP contribution < -0.4 is 0 Å². The number of ketones is 3. The van der Waals surface area contributed by atoms with Crippen molar-refractivity contribution in [3.63, 3.8) is 0 Å². The molecule has 3 saturated carbocycles. The van der Waals surface area contributed by atoms with Gasteiger partial charge < -0.3 is 19.3 Å². The molecule has 0 unspecified atom stereocenters. The minimum absolute atomic E-state index is 0.0270. The van der Waals surface area contributed by atoms with Crippen LogP contribution in [0.2, 0.25) is 0 Å². The summed E-state index contributed by atoms with van der Waals surface area (Å²) in [5.41, 5.74) is 6.31. The lowest BCUT2D eigenvalue weighted by molar-refractivity contribution is -0.170. The van der Waals surface area contributed by atoms with Gasteiger partial charge in [0, 0.05) is 34.6 Å². The van der Waals surface area contributed by atoms with Gasteiger partial charge in [-0.1, -0.05) is 30.6 Å². The monoisotopic (exact) mass is 515 g/mol. The lowest BCUT2D eigenvalue weighted by Crippen LogP contribution is -2.60. The van der Waals surface area contributed by atoms with Crippen molar-refractivity contribution >= 4 is 17.3 Å². The number of fused-ring (bicyclic) bond motifs is 5. The number of carbonyl (C=O) groups excluding carboxylic acids is 3. The van der Waals surface area contributed by atoms with Gasteiger partial charge in [-0.3, -0.25) is 14.4 Å². The minimum Gasteiger partial charge on any atom is -0.381 e. The molecular weight excluding hydrogens is 478 g/mol. The SMILES string of the molecule is C[C@]12C=CC(=O)C=C1CC[C@@H]1[C@@H]2C(=O)C[C@@]2(C)[C@H]1CC[C@]2(O)C(=O)COCCOCCOCCN=[N+]=[N-]. The van der Waals surface area contributed by atoms with Crippen LogP contribution in [0.5, 0.6) is 0 Å². The summed E-state index contributed by atoms with van der Waals surface area (Å²) >= 11 is 0. The molecule has 0 aromatic rings. The highest BCUT2D eigenvalue weighted by Crippen LogP contribution is 2.66. The maximum absolute atomic E-state index is 13.6. The largest absolute Gasteiger partial charge is 0.381 e. The van der Waals surface area contributed by atoms with E-state index in [1.54, 1.807) is 12.2 Å². The quantitative estimate of drug-likeness (QED) is 0.182. The molecule has 0 bridgehead atoms. The molecular formula is C27H37N3O7. The molecule has 0 aromatic heterocycles. The molecule has 202 valence electrons. The third-order valence-corrected chi connectivity index (χ3v) is 9.25. The second kappa shape index (κ2) is 11.2. The highest BCUT2D eigenvalue weighted by Gasteiger charge is 2.68. The van der Waals surface area contributed by atoms with E-state index in [-0.39, 0.29) is 67.9 Å². The van der Waals surface area contributed by atoms with Crippen molar-refractivity contribution in [2.45, 2.75) is 51.6 Å². The van der Waals surface area contributed by atoms with E-state index in [2.05, 4.69) is 16.9 Å². The Labute approximate surface area is 217 Å². The highest BCUT2D eigenvalue weighted by molar-refractivity contribution is 6.02. The van der Waals surface area contributed by atoms with Gasteiger partial charge in [-0.2, -0.15) is 0 Å². The first-order valence-corrected chi connectivity index (χ1v) is 13.1. The van der Waals surface area contributed by atoms with Crippen molar-refractivity contribution in [1.29, 1.82) is 0 Å². The number of hydrogen-bond donors (Lipinski definition) is 1. The Morgan fingerprint density at radius 3 is 2.57 bits per heavy atom. The number of aliphatic hydroxyl groups is 1. The number of azide groups is 1. The van der Waals surface area contributed by atoms with Gasteiger partial charge in [0.25, 0.3) is 0 Å². The zero-order valence-electron chi connectivity index (χ0n) is 21.7. The van der Waals surface area contributed by atoms with Crippen molar-refractivity contribution in [2.24, 2.45) is 33.7 Å². The van der Waals surface area contributed by atoms with Crippen LogP contribution in [0.25, 0.3) is 10.4 Å². The van der Waals surface area contributed by atoms with E-state index >= 15 is 0 Å². The van der Waals surface area contributed by atoms with Crippen LogP contribution in [0, 0.1) is 28.6 Å². The zero-order chi connectivity index (χ0) is 26.7. The fourth-order valence-corrected chi connectivity index (χ4v) is 7.37. The summed E-state index contributed by atoms with van der Waals surface area (Å²) in [7, 11) is 0. The van der Waals surface area contributed by atoms with Crippen LogP contribution in [-0.4, -0.2) is 74.2 Å². The Hall–Kier alpha value is -2.36. The molecule has 0 amide bonds. The van der Waals surface area contributed by atoms with E-state index in [9.17, 15) is 19.5 Å². The maximum atomic E-state index is 13.6.